The highest BCUT2D eigenvalue weighted by Crippen LogP contribution is 2.31. The Morgan fingerprint density at radius 3 is 2.69 bits per heavy atom. The van der Waals surface area contributed by atoms with Gasteiger partial charge in [-0.25, -0.2) is 0 Å². The van der Waals surface area contributed by atoms with Crippen LogP contribution >= 0.6 is 11.3 Å². The average molecular weight is 413 g/mol. The standard InChI is InChI=1S/C21H23N3O4S/c25-18-17(20(26)22-7-8-23-9-11-28-12-10-23)21(27)24(16-6-13-29-19(16)18)14-15-4-2-1-3-5-15/h1-6,13,25H,7-12,14H2,(H,22,26). The van der Waals surface area contributed by atoms with Crippen LogP contribution in [0.1, 0.15) is 15.9 Å². The number of amides is 1. The SMILES string of the molecule is O=C(NCCN1CCOCC1)c1c(O)c2sccc2n(Cc2ccccc2)c1=O. The van der Waals surface area contributed by atoms with Crippen molar-refractivity contribution in [2.45, 2.75) is 6.54 Å². The Bertz CT molecular complexity index is 1050. The Balaban J connectivity index is 1.59. The van der Waals surface area contributed by atoms with Gasteiger partial charge in [-0.2, -0.15) is 0 Å². The number of pyridine rings is 1. The molecular formula is C21H23N3O4S. The average Bonchev–Trinajstić information content (AvgIpc) is 3.23. The molecule has 0 spiro atoms. The highest BCUT2D eigenvalue weighted by Gasteiger charge is 2.23. The lowest BCUT2D eigenvalue weighted by Gasteiger charge is -2.26. The van der Waals surface area contributed by atoms with Crippen LogP contribution < -0.4 is 10.9 Å². The van der Waals surface area contributed by atoms with Crippen molar-refractivity contribution in [1.82, 2.24) is 14.8 Å². The van der Waals surface area contributed by atoms with Crippen molar-refractivity contribution in [2.75, 3.05) is 39.4 Å². The molecule has 0 unspecified atom stereocenters. The minimum absolute atomic E-state index is 0.196. The number of carbonyl (C=O) groups excluding carboxylic acids is 1. The first-order valence-electron chi connectivity index (χ1n) is 9.60. The molecule has 7 nitrogen and oxygen atoms in total. The summed E-state index contributed by atoms with van der Waals surface area (Å²) in [4.78, 5) is 28.1. The Hall–Kier alpha value is -2.68. The topological polar surface area (TPSA) is 83.8 Å². The number of hydrogen-bond donors (Lipinski definition) is 2. The smallest absolute Gasteiger partial charge is 0.268 e. The van der Waals surface area contributed by atoms with Gasteiger partial charge in [0.25, 0.3) is 11.5 Å². The third kappa shape index (κ3) is 4.19. The molecule has 1 aliphatic rings. The first kappa shape index (κ1) is 19.6. The summed E-state index contributed by atoms with van der Waals surface area (Å²) in [6.45, 7) is 4.44. The lowest BCUT2D eigenvalue weighted by atomic mass is 10.1. The zero-order chi connectivity index (χ0) is 20.2. The van der Waals surface area contributed by atoms with Crippen LogP contribution in [-0.2, 0) is 11.3 Å². The van der Waals surface area contributed by atoms with Crippen molar-refractivity contribution in [3.8, 4) is 5.75 Å². The molecule has 3 aromatic rings. The highest BCUT2D eigenvalue weighted by molar-refractivity contribution is 7.17. The second kappa shape index (κ2) is 8.77. The van der Waals surface area contributed by atoms with Gasteiger partial charge < -0.3 is 19.7 Å². The molecule has 29 heavy (non-hydrogen) atoms. The first-order valence-corrected chi connectivity index (χ1v) is 10.5. The third-order valence-corrected chi connectivity index (χ3v) is 5.98. The molecule has 1 amide bonds. The quantitative estimate of drug-likeness (QED) is 0.645. The number of hydrogen-bond acceptors (Lipinski definition) is 6. The maximum absolute atomic E-state index is 13.1. The molecule has 1 aromatic carbocycles. The van der Waals surface area contributed by atoms with E-state index in [4.69, 9.17) is 4.74 Å². The minimum Gasteiger partial charge on any atom is -0.505 e. The zero-order valence-electron chi connectivity index (χ0n) is 16.0. The summed E-state index contributed by atoms with van der Waals surface area (Å²) < 4.78 is 7.41. The molecule has 0 radical (unpaired) electrons. The van der Waals surface area contributed by atoms with Crippen molar-refractivity contribution in [3.63, 3.8) is 0 Å². The zero-order valence-corrected chi connectivity index (χ0v) is 16.8. The number of aromatic hydroxyl groups is 1. The van der Waals surface area contributed by atoms with E-state index in [1.54, 1.807) is 10.6 Å². The molecule has 1 fully saturated rings. The number of aromatic nitrogens is 1. The Morgan fingerprint density at radius 2 is 1.93 bits per heavy atom. The van der Waals surface area contributed by atoms with Crippen LogP contribution in [0, 0.1) is 0 Å². The van der Waals surface area contributed by atoms with Crippen LogP contribution in [0.5, 0.6) is 5.75 Å². The fourth-order valence-electron chi connectivity index (χ4n) is 3.52. The van der Waals surface area contributed by atoms with Gasteiger partial charge in [0.2, 0.25) is 0 Å². The van der Waals surface area contributed by atoms with Crippen molar-refractivity contribution in [3.05, 3.63) is 63.3 Å². The van der Waals surface area contributed by atoms with Crippen molar-refractivity contribution < 1.29 is 14.6 Å². The molecule has 0 atom stereocenters. The summed E-state index contributed by atoms with van der Waals surface area (Å²) in [5, 5.41) is 15.2. The first-order chi connectivity index (χ1) is 14.1. The van der Waals surface area contributed by atoms with Crippen molar-refractivity contribution in [1.29, 1.82) is 0 Å². The second-order valence-electron chi connectivity index (χ2n) is 6.95. The van der Waals surface area contributed by atoms with Crippen molar-refractivity contribution in [2.24, 2.45) is 0 Å². The molecule has 0 aliphatic carbocycles. The summed E-state index contributed by atoms with van der Waals surface area (Å²) in [6.07, 6.45) is 0. The Labute approximate surface area is 172 Å². The molecule has 3 heterocycles. The molecular weight excluding hydrogens is 390 g/mol. The molecule has 8 heteroatoms. The van der Waals surface area contributed by atoms with Gasteiger partial charge in [0.15, 0.2) is 5.75 Å². The molecule has 1 saturated heterocycles. The molecule has 0 bridgehead atoms. The predicted molar refractivity (Wildman–Crippen MR) is 113 cm³/mol. The van der Waals surface area contributed by atoms with Gasteiger partial charge in [-0.1, -0.05) is 30.3 Å². The maximum Gasteiger partial charge on any atom is 0.268 e. The molecule has 2 aromatic heterocycles. The van der Waals surface area contributed by atoms with E-state index in [-0.39, 0.29) is 11.3 Å². The van der Waals surface area contributed by atoms with E-state index in [2.05, 4.69) is 10.2 Å². The van der Waals surface area contributed by atoms with Crippen LogP contribution in [0.4, 0.5) is 0 Å². The van der Waals surface area contributed by atoms with Crippen LogP contribution in [0.25, 0.3) is 10.2 Å². The minimum atomic E-state index is -0.544. The van der Waals surface area contributed by atoms with Gasteiger partial charge in [0.05, 0.1) is 30.0 Å². The highest BCUT2D eigenvalue weighted by atomic mass is 32.1. The van der Waals surface area contributed by atoms with E-state index in [1.807, 2.05) is 35.7 Å². The second-order valence-corrected chi connectivity index (χ2v) is 7.86. The lowest BCUT2D eigenvalue weighted by Crippen LogP contribution is -2.42. The molecule has 4 rings (SSSR count). The van der Waals surface area contributed by atoms with Gasteiger partial charge in [-0.3, -0.25) is 14.5 Å². The number of benzene rings is 1. The fourth-order valence-corrected chi connectivity index (χ4v) is 4.37. The summed E-state index contributed by atoms with van der Waals surface area (Å²) in [7, 11) is 0. The van der Waals surface area contributed by atoms with Crippen LogP contribution in [0.3, 0.4) is 0 Å². The Morgan fingerprint density at radius 1 is 1.17 bits per heavy atom. The van der Waals surface area contributed by atoms with E-state index in [0.717, 1.165) is 18.7 Å². The Kier molecular flexibility index (Phi) is 5.94. The van der Waals surface area contributed by atoms with E-state index in [9.17, 15) is 14.7 Å². The number of fused-ring (bicyclic) bond motifs is 1. The summed E-state index contributed by atoms with van der Waals surface area (Å²) >= 11 is 1.31. The largest absolute Gasteiger partial charge is 0.505 e. The molecule has 152 valence electrons. The fraction of sp³-hybridized carbons (Fsp3) is 0.333. The van der Waals surface area contributed by atoms with Crippen LogP contribution in [0.15, 0.2) is 46.6 Å². The molecule has 2 N–H and O–H groups in total. The van der Waals surface area contributed by atoms with Gasteiger partial charge in [0, 0.05) is 26.2 Å². The van der Waals surface area contributed by atoms with Crippen molar-refractivity contribution >= 4 is 27.5 Å². The van der Waals surface area contributed by atoms with E-state index in [1.165, 1.54) is 11.3 Å². The number of nitrogens with zero attached hydrogens (tertiary/aromatic N) is 2. The third-order valence-electron chi connectivity index (χ3n) is 5.07. The van der Waals surface area contributed by atoms with Gasteiger partial charge in [-0.05, 0) is 17.0 Å². The van der Waals surface area contributed by atoms with E-state index >= 15 is 0 Å². The number of thiophene rings is 1. The van der Waals surface area contributed by atoms with Crippen LogP contribution in [-0.4, -0.2) is 59.9 Å². The van der Waals surface area contributed by atoms with Gasteiger partial charge in [0.1, 0.15) is 5.56 Å². The van der Waals surface area contributed by atoms with E-state index in [0.29, 0.717) is 43.1 Å². The normalized spacial score (nSPS) is 14.9. The number of rotatable bonds is 6. The number of morpholine rings is 1. The summed E-state index contributed by atoms with van der Waals surface area (Å²) in [5.41, 5.74) is 0.900. The molecule has 0 saturated carbocycles. The predicted octanol–water partition coefficient (Wildman–Crippen LogP) is 1.88. The van der Waals surface area contributed by atoms with Gasteiger partial charge in [-0.15, -0.1) is 11.3 Å². The number of nitrogens with one attached hydrogen (secondary N) is 1. The summed E-state index contributed by atoms with van der Waals surface area (Å²) in [6, 6.07) is 11.4. The van der Waals surface area contributed by atoms with Gasteiger partial charge >= 0.3 is 0 Å². The number of carbonyl (C=O) groups is 1. The summed E-state index contributed by atoms with van der Waals surface area (Å²) in [5.74, 6) is -0.786. The molecule has 1 aliphatic heterocycles. The lowest BCUT2D eigenvalue weighted by molar-refractivity contribution is 0.0383. The maximum atomic E-state index is 13.1. The number of ether oxygens (including phenoxy) is 1. The van der Waals surface area contributed by atoms with E-state index < -0.39 is 11.5 Å². The monoisotopic (exact) mass is 413 g/mol. The van der Waals surface area contributed by atoms with Crippen LogP contribution in [0.2, 0.25) is 0 Å².